The van der Waals surface area contributed by atoms with Crippen LogP contribution >= 0.6 is 0 Å². The first kappa shape index (κ1) is 13.5. The fourth-order valence-corrected chi connectivity index (χ4v) is 2.03. The van der Waals surface area contributed by atoms with Crippen molar-refractivity contribution in [3.63, 3.8) is 0 Å². The van der Waals surface area contributed by atoms with E-state index in [9.17, 15) is 9.18 Å². The number of nitrogens with zero attached hydrogens (tertiary/aromatic N) is 2. The van der Waals surface area contributed by atoms with E-state index in [-0.39, 0.29) is 18.7 Å². The van der Waals surface area contributed by atoms with Crippen LogP contribution < -0.4 is 0 Å². The molecule has 100 valence electrons. The monoisotopic (exact) mass is 262 g/mol. The van der Waals surface area contributed by atoms with Crippen LogP contribution in [0.5, 0.6) is 0 Å². The van der Waals surface area contributed by atoms with Crippen LogP contribution in [-0.4, -0.2) is 29.1 Å². The van der Waals surface area contributed by atoms with Crippen molar-refractivity contribution in [1.29, 1.82) is 5.26 Å². The van der Waals surface area contributed by atoms with Gasteiger partial charge in [0.15, 0.2) is 0 Å². The van der Waals surface area contributed by atoms with Gasteiger partial charge in [-0.3, -0.25) is 9.69 Å². The number of nitriles is 1. The minimum atomic E-state index is -0.908. The SMILES string of the molecule is N#Cc1ccc(CN(CC(=O)O)CC2CC2)c(F)c1. The Morgan fingerprint density at radius 3 is 2.79 bits per heavy atom. The normalized spacial score (nSPS) is 14.4. The number of aliphatic carboxylic acids is 1. The molecule has 2 rings (SSSR count). The molecule has 1 saturated carbocycles. The first-order chi connectivity index (χ1) is 9.08. The molecule has 0 saturated heterocycles. The molecule has 0 heterocycles. The molecule has 0 aromatic heterocycles. The van der Waals surface area contributed by atoms with Crippen LogP contribution in [0.4, 0.5) is 4.39 Å². The van der Waals surface area contributed by atoms with E-state index in [1.54, 1.807) is 17.0 Å². The highest BCUT2D eigenvalue weighted by atomic mass is 19.1. The highest BCUT2D eigenvalue weighted by molar-refractivity contribution is 5.69. The zero-order valence-corrected chi connectivity index (χ0v) is 10.5. The van der Waals surface area contributed by atoms with Crippen molar-refractivity contribution in [2.75, 3.05) is 13.1 Å². The zero-order valence-electron chi connectivity index (χ0n) is 10.5. The van der Waals surface area contributed by atoms with Gasteiger partial charge in [0, 0.05) is 18.7 Å². The second-order valence-corrected chi connectivity index (χ2v) is 4.92. The van der Waals surface area contributed by atoms with Gasteiger partial charge >= 0.3 is 5.97 Å². The van der Waals surface area contributed by atoms with Crippen LogP contribution in [0, 0.1) is 23.1 Å². The molecular weight excluding hydrogens is 247 g/mol. The maximum absolute atomic E-state index is 13.8. The molecule has 0 radical (unpaired) electrons. The standard InChI is InChI=1S/C14H15FN2O2/c15-13-5-11(6-16)3-4-12(13)8-17(9-14(18)19)7-10-1-2-10/h3-5,10H,1-2,7-9H2,(H,18,19). The number of hydrogen-bond donors (Lipinski definition) is 1. The van der Waals surface area contributed by atoms with Crippen molar-refractivity contribution in [3.8, 4) is 6.07 Å². The molecule has 0 atom stereocenters. The van der Waals surface area contributed by atoms with E-state index >= 15 is 0 Å². The number of carbonyl (C=O) groups is 1. The molecule has 1 fully saturated rings. The molecule has 4 nitrogen and oxygen atoms in total. The predicted molar refractivity (Wildman–Crippen MR) is 66.8 cm³/mol. The highest BCUT2D eigenvalue weighted by Gasteiger charge is 2.25. The molecule has 19 heavy (non-hydrogen) atoms. The average Bonchev–Trinajstić information content (AvgIpc) is 3.14. The van der Waals surface area contributed by atoms with E-state index in [1.807, 2.05) is 6.07 Å². The van der Waals surface area contributed by atoms with Crippen molar-refractivity contribution in [1.82, 2.24) is 4.90 Å². The van der Waals surface area contributed by atoms with Gasteiger partial charge in [-0.1, -0.05) is 6.07 Å². The van der Waals surface area contributed by atoms with E-state index in [0.29, 0.717) is 18.0 Å². The first-order valence-electron chi connectivity index (χ1n) is 6.21. The summed E-state index contributed by atoms with van der Waals surface area (Å²) in [4.78, 5) is 12.5. The molecule has 5 heteroatoms. The van der Waals surface area contributed by atoms with Crippen molar-refractivity contribution < 1.29 is 14.3 Å². The van der Waals surface area contributed by atoms with Crippen LogP contribution in [0.25, 0.3) is 0 Å². The van der Waals surface area contributed by atoms with E-state index in [1.165, 1.54) is 6.07 Å². The smallest absolute Gasteiger partial charge is 0.317 e. The molecular formula is C14H15FN2O2. The largest absolute Gasteiger partial charge is 0.480 e. The van der Waals surface area contributed by atoms with E-state index in [4.69, 9.17) is 10.4 Å². The highest BCUT2D eigenvalue weighted by Crippen LogP contribution is 2.30. The van der Waals surface area contributed by atoms with Gasteiger partial charge in [0.1, 0.15) is 5.82 Å². The molecule has 1 aromatic carbocycles. The summed E-state index contributed by atoms with van der Waals surface area (Å²) in [7, 11) is 0. The summed E-state index contributed by atoms with van der Waals surface area (Å²) in [6, 6.07) is 6.16. The Bertz CT molecular complexity index is 521. The van der Waals surface area contributed by atoms with E-state index in [0.717, 1.165) is 12.8 Å². The van der Waals surface area contributed by atoms with Gasteiger partial charge in [0.2, 0.25) is 0 Å². The van der Waals surface area contributed by atoms with Crippen LogP contribution in [0.2, 0.25) is 0 Å². The molecule has 0 aliphatic heterocycles. The summed E-state index contributed by atoms with van der Waals surface area (Å²) in [6.07, 6.45) is 2.23. The van der Waals surface area contributed by atoms with Crippen LogP contribution in [0.15, 0.2) is 18.2 Å². The Morgan fingerprint density at radius 1 is 1.53 bits per heavy atom. The molecule has 0 bridgehead atoms. The number of rotatable bonds is 6. The quantitative estimate of drug-likeness (QED) is 0.851. The third-order valence-electron chi connectivity index (χ3n) is 3.15. The van der Waals surface area contributed by atoms with Gasteiger partial charge in [-0.2, -0.15) is 5.26 Å². The van der Waals surface area contributed by atoms with Crippen LogP contribution in [0.3, 0.4) is 0 Å². The summed E-state index contributed by atoms with van der Waals surface area (Å²) >= 11 is 0. The molecule has 1 N–H and O–H groups in total. The summed E-state index contributed by atoms with van der Waals surface area (Å²) in [6.45, 7) is 0.863. The Hall–Kier alpha value is -1.93. The second-order valence-electron chi connectivity index (χ2n) is 4.92. The fourth-order valence-electron chi connectivity index (χ4n) is 2.03. The third kappa shape index (κ3) is 4.04. The number of halogens is 1. The topological polar surface area (TPSA) is 64.3 Å². The Balaban J connectivity index is 2.06. The maximum Gasteiger partial charge on any atom is 0.317 e. The van der Waals surface area contributed by atoms with Crippen molar-refractivity contribution >= 4 is 5.97 Å². The fraction of sp³-hybridized carbons (Fsp3) is 0.429. The third-order valence-corrected chi connectivity index (χ3v) is 3.15. The van der Waals surface area contributed by atoms with Crippen molar-refractivity contribution in [2.45, 2.75) is 19.4 Å². The zero-order chi connectivity index (χ0) is 13.8. The maximum atomic E-state index is 13.8. The molecule has 1 aromatic rings. The van der Waals surface area contributed by atoms with Gasteiger partial charge < -0.3 is 5.11 Å². The average molecular weight is 262 g/mol. The lowest BCUT2D eigenvalue weighted by molar-refractivity contribution is -0.138. The van der Waals surface area contributed by atoms with Crippen LogP contribution in [0.1, 0.15) is 24.0 Å². The molecule has 0 spiro atoms. The summed E-state index contributed by atoms with van der Waals surface area (Å²) < 4.78 is 13.8. The predicted octanol–water partition coefficient (Wildman–Crippen LogP) is 1.99. The molecule has 1 aliphatic rings. The Kier molecular flexibility index (Phi) is 4.13. The van der Waals surface area contributed by atoms with Gasteiger partial charge in [-0.05, 0) is 30.9 Å². The number of carboxylic acids is 1. The molecule has 0 unspecified atom stereocenters. The Labute approximate surface area is 111 Å². The van der Waals surface area contributed by atoms with Crippen molar-refractivity contribution in [2.24, 2.45) is 5.92 Å². The van der Waals surface area contributed by atoms with E-state index in [2.05, 4.69) is 0 Å². The minimum absolute atomic E-state index is 0.0874. The number of hydrogen-bond acceptors (Lipinski definition) is 3. The number of carboxylic acid groups (broad SMARTS) is 1. The molecule has 1 aliphatic carbocycles. The lowest BCUT2D eigenvalue weighted by Gasteiger charge is -2.20. The van der Waals surface area contributed by atoms with Crippen molar-refractivity contribution in [3.05, 3.63) is 35.1 Å². The number of benzene rings is 1. The minimum Gasteiger partial charge on any atom is -0.480 e. The van der Waals surface area contributed by atoms with Gasteiger partial charge in [0.25, 0.3) is 0 Å². The lowest BCUT2D eigenvalue weighted by atomic mass is 10.1. The van der Waals surface area contributed by atoms with Gasteiger partial charge in [-0.15, -0.1) is 0 Å². The lowest BCUT2D eigenvalue weighted by Crippen LogP contribution is -2.31. The molecule has 0 amide bonds. The van der Waals surface area contributed by atoms with Gasteiger partial charge in [0.05, 0.1) is 18.2 Å². The first-order valence-corrected chi connectivity index (χ1v) is 6.21. The Morgan fingerprint density at radius 2 is 2.26 bits per heavy atom. The summed E-state index contributed by atoms with van der Waals surface area (Å²) in [5.41, 5.74) is 0.703. The second kappa shape index (κ2) is 5.81. The van der Waals surface area contributed by atoms with Gasteiger partial charge in [-0.25, -0.2) is 4.39 Å². The van der Waals surface area contributed by atoms with Crippen LogP contribution in [-0.2, 0) is 11.3 Å². The summed E-state index contributed by atoms with van der Waals surface area (Å²) in [5.74, 6) is -0.819. The van der Waals surface area contributed by atoms with E-state index < -0.39 is 11.8 Å². The summed E-state index contributed by atoms with van der Waals surface area (Å²) in [5, 5.41) is 17.5.